The Bertz CT molecular complexity index is 487. The molecule has 2 aromatic rings. The molecule has 0 saturated heterocycles. The zero-order valence-corrected chi connectivity index (χ0v) is 9.68. The van der Waals surface area contributed by atoms with Crippen molar-refractivity contribution in [2.45, 2.75) is 12.5 Å². The molecule has 0 aliphatic heterocycles. The second kappa shape index (κ2) is 5.31. The molecule has 0 aliphatic carbocycles. The van der Waals surface area contributed by atoms with Gasteiger partial charge in [0.15, 0.2) is 11.6 Å². The van der Waals surface area contributed by atoms with E-state index < -0.39 is 11.6 Å². The molecule has 0 radical (unpaired) electrons. The van der Waals surface area contributed by atoms with E-state index in [4.69, 9.17) is 5.84 Å². The molecule has 0 bridgehead atoms. The lowest BCUT2D eigenvalue weighted by Gasteiger charge is -2.15. The van der Waals surface area contributed by atoms with Gasteiger partial charge in [0.05, 0.1) is 11.6 Å². The number of hydrogen-bond donors (Lipinski definition) is 2. The van der Waals surface area contributed by atoms with Gasteiger partial charge in [-0.15, -0.1) is 11.3 Å². The molecule has 17 heavy (non-hydrogen) atoms. The van der Waals surface area contributed by atoms with Gasteiger partial charge in [-0.2, -0.15) is 0 Å². The molecular formula is C11H11F2N3S. The first-order valence-corrected chi connectivity index (χ1v) is 5.87. The number of benzene rings is 1. The summed E-state index contributed by atoms with van der Waals surface area (Å²) < 4.78 is 25.9. The Morgan fingerprint density at radius 2 is 2.18 bits per heavy atom. The van der Waals surface area contributed by atoms with E-state index in [-0.39, 0.29) is 6.04 Å². The normalized spacial score (nSPS) is 12.6. The van der Waals surface area contributed by atoms with Crippen LogP contribution in [0.25, 0.3) is 0 Å². The fraction of sp³-hybridized carbons (Fsp3) is 0.182. The molecule has 0 saturated carbocycles. The maximum absolute atomic E-state index is 13.1. The Labute approximate surface area is 101 Å². The molecule has 1 aromatic heterocycles. The average molecular weight is 255 g/mol. The number of hydrazine groups is 1. The minimum atomic E-state index is -0.868. The summed E-state index contributed by atoms with van der Waals surface area (Å²) in [6.07, 6.45) is 2.32. The first-order valence-electron chi connectivity index (χ1n) is 4.99. The molecule has 3 N–H and O–H groups in total. The lowest BCUT2D eigenvalue weighted by molar-refractivity contribution is 0.497. The van der Waals surface area contributed by atoms with Crippen LogP contribution >= 0.6 is 11.3 Å². The van der Waals surface area contributed by atoms with E-state index in [1.165, 1.54) is 17.4 Å². The van der Waals surface area contributed by atoms with Crippen molar-refractivity contribution in [3.05, 3.63) is 52.0 Å². The van der Waals surface area contributed by atoms with Gasteiger partial charge in [0.25, 0.3) is 0 Å². The van der Waals surface area contributed by atoms with Crippen LogP contribution in [0.3, 0.4) is 0 Å². The Hall–Kier alpha value is -1.37. The van der Waals surface area contributed by atoms with Crippen molar-refractivity contribution in [1.82, 2.24) is 10.4 Å². The van der Waals surface area contributed by atoms with Crippen LogP contribution in [0.1, 0.15) is 16.5 Å². The van der Waals surface area contributed by atoms with Gasteiger partial charge in [0, 0.05) is 17.5 Å². The summed E-state index contributed by atoms with van der Waals surface area (Å²) in [6.45, 7) is 0. The molecule has 2 rings (SSSR count). The van der Waals surface area contributed by atoms with Crippen molar-refractivity contribution < 1.29 is 8.78 Å². The van der Waals surface area contributed by atoms with Crippen LogP contribution in [0.2, 0.25) is 0 Å². The van der Waals surface area contributed by atoms with Gasteiger partial charge in [-0.1, -0.05) is 6.07 Å². The molecule has 0 amide bonds. The van der Waals surface area contributed by atoms with Crippen LogP contribution < -0.4 is 11.3 Å². The van der Waals surface area contributed by atoms with Gasteiger partial charge >= 0.3 is 0 Å². The zero-order valence-electron chi connectivity index (χ0n) is 8.86. The van der Waals surface area contributed by atoms with E-state index >= 15 is 0 Å². The van der Waals surface area contributed by atoms with Crippen LogP contribution in [0.5, 0.6) is 0 Å². The van der Waals surface area contributed by atoms with Gasteiger partial charge in [-0.3, -0.25) is 16.3 Å². The predicted octanol–water partition coefficient (Wildman–Crippen LogP) is 2.17. The van der Waals surface area contributed by atoms with Crippen molar-refractivity contribution in [1.29, 1.82) is 0 Å². The predicted molar refractivity (Wildman–Crippen MR) is 62.2 cm³/mol. The number of rotatable bonds is 4. The molecule has 3 nitrogen and oxygen atoms in total. The van der Waals surface area contributed by atoms with Crippen LogP contribution in [0.15, 0.2) is 29.9 Å². The molecule has 1 aromatic carbocycles. The molecular weight excluding hydrogens is 244 g/mol. The Morgan fingerprint density at radius 1 is 1.35 bits per heavy atom. The fourth-order valence-corrected chi connectivity index (χ4v) is 2.19. The van der Waals surface area contributed by atoms with Gasteiger partial charge < -0.3 is 0 Å². The molecule has 0 aliphatic rings. The summed E-state index contributed by atoms with van der Waals surface area (Å²) in [4.78, 5) is 4.98. The van der Waals surface area contributed by atoms with Crippen molar-refractivity contribution >= 4 is 11.3 Å². The van der Waals surface area contributed by atoms with Crippen LogP contribution in [-0.2, 0) is 6.42 Å². The monoisotopic (exact) mass is 255 g/mol. The first kappa shape index (κ1) is 12.1. The van der Waals surface area contributed by atoms with Crippen LogP contribution in [0, 0.1) is 11.6 Å². The standard InChI is InChI=1S/C11H11F2N3S/c12-9-2-1-7(3-10(9)13)11(16-14)4-8-5-15-6-17-8/h1-3,5-6,11,16H,4,14H2. The highest BCUT2D eigenvalue weighted by atomic mass is 32.1. The van der Waals surface area contributed by atoms with E-state index in [1.54, 1.807) is 11.7 Å². The maximum Gasteiger partial charge on any atom is 0.159 e. The van der Waals surface area contributed by atoms with Crippen LogP contribution in [-0.4, -0.2) is 4.98 Å². The SMILES string of the molecule is NNC(Cc1cncs1)c1ccc(F)c(F)c1. The van der Waals surface area contributed by atoms with Gasteiger partial charge in [0.1, 0.15) is 0 Å². The van der Waals surface area contributed by atoms with Crippen molar-refractivity contribution in [2.24, 2.45) is 5.84 Å². The summed E-state index contributed by atoms with van der Waals surface area (Å²) >= 11 is 1.49. The maximum atomic E-state index is 13.1. The number of halogens is 2. The van der Waals surface area contributed by atoms with E-state index in [0.717, 1.165) is 17.0 Å². The third-order valence-corrected chi connectivity index (χ3v) is 3.24. The molecule has 90 valence electrons. The molecule has 1 atom stereocenters. The summed E-state index contributed by atoms with van der Waals surface area (Å²) in [5, 5.41) is 0. The van der Waals surface area contributed by atoms with Gasteiger partial charge in [-0.25, -0.2) is 8.78 Å². The zero-order chi connectivity index (χ0) is 12.3. The average Bonchev–Trinajstić information content (AvgIpc) is 2.82. The third kappa shape index (κ3) is 2.85. The smallest absolute Gasteiger partial charge is 0.159 e. The second-order valence-electron chi connectivity index (χ2n) is 3.56. The fourth-order valence-electron chi connectivity index (χ4n) is 1.55. The number of hydrogen-bond acceptors (Lipinski definition) is 4. The summed E-state index contributed by atoms with van der Waals surface area (Å²) in [5.41, 5.74) is 4.92. The van der Waals surface area contributed by atoms with E-state index in [1.807, 2.05) is 0 Å². The van der Waals surface area contributed by atoms with E-state index in [9.17, 15) is 8.78 Å². The van der Waals surface area contributed by atoms with Crippen molar-refractivity contribution in [3.63, 3.8) is 0 Å². The Balaban J connectivity index is 2.20. The molecule has 6 heteroatoms. The number of aromatic nitrogens is 1. The number of nitrogens with two attached hydrogens (primary N) is 1. The first-order chi connectivity index (χ1) is 8.20. The van der Waals surface area contributed by atoms with Gasteiger partial charge in [0.2, 0.25) is 0 Å². The summed E-state index contributed by atoms with van der Waals surface area (Å²) in [5.74, 6) is 3.70. The lowest BCUT2D eigenvalue weighted by atomic mass is 10.0. The Kier molecular flexibility index (Phi) is 3.78. The second-order valence-corrected chi connectivity index (χ2v) is 4.54. The van der Waals surface area contributed by atoms with E-state index in [0.29, 0.717) is 12.0 Å². The minimum Gasteiger partial charge on any atom is -0.271 e. The lowest BCUT2D eigenvalue weighted by Crippen LogP contribution is -2.29. The largest absolute Gasteiger partial charge is 0.271 e. The van der Waals surface area contributed by atoms with Crippen molar-refractivity contribution in [3.8, 4) is 0 Å². The number of thiazole rings is 1. The molecule has 0 spiro atoms. The third-order valence-electron chi connectivity index (χ3n) is 2.44. The highest BCUT2D eigenvalue weighted by molar-refractivity contribution is 7.09. The molecule has 1 unspecified atom stereocenters. The van der Waals surface area contributed by atoms with Crippen molar-refractivity contribution in [2.75, 3.05) is 0 Å². The molecule has 1 heterocycles. The topological polar surface area (TPSA) is 50.9 Å². The number of nitrogens with zero attached hydrogens (tertiary/aromatic N) is 1. The summed E-state index contributed by atoms with van der Waals surface area (Å²) in [6, 6.07) is 3.51. The highest BCUT2D eigenvalue weighted by Crippen LogP contribution is 2.21. The highest BCUT2D eigenvalue weighted by Gasteiger charge is 2.13. The van der Waals surface area contributed by atoms with E-state index in [2.05, 4.69) is 10.4 Å². The van der Waals surface area contributed by atoms with Gasteiger partial charge in [-0.05, 0) is 17.7 Å². The molecule has 0 fully saturated rings. The van der Waals surface area contributed by atoms with Crippen LogP contribution in [0.4, 0.5) is 8.78 Å². The quantitative estimate of drug-likeness (QED) is 0.650. The minimum absolute atomic E-state index is 0.259. The summed E-state index contributed by atoms with van der Waals surface area (Å²) in [7, 11) is 0. The Morgan fingerprint density at radius 3 is 2.76 bits per heavy atom. The number of nitrogens with one attached hydrogen (secondary N) is 1.